The molecule has 0 unspecified atom stereocenters. The number of anilines is 1. The van der Waals surface area contributed by atoms with Crippen molar-refractivity contribution in [3.8, 4) is 11.3 Å². The van der Waals surface area contributed by atoms with Gasteiger partial charge in [-0.05, 0) is 55.3 Å². The first kappa shape index (κ1) is 18.7. The molecule has 0 N–H and O–H groups in total. The number of aryl methyl sites for hydroxylation is 1. The Morgan fingerprint density at radius 2 is 1.73 bits per heavy atom. The summed E-state index contributed by atoms with van der Waals surface area (Å²) in [5.41, 5.74) is 3.05. The van der Waals surface area contributed by atoms with Crippen molar-refractivity contribution in [3.05, 3.63) is 59.7 Å². The van der Waals surface area contributed by atoms with Crippen LogP contribution in [0.3, 0.4) is 0 Å². The molecule has 2 aliphatic rings. The zero-order chi connectivity index (χ0) is 20.7. The summed E-state index contributed by atoms with van der Waals surface area (Å²) in [7, 11) is 1.76. The molecule has 7 nitrogen and oxygen atoms in total. The smallest absolute Gasteiger partial charge is 0.272 e. The minimum atomic E-state index is -0.296. The number of amides is 1. The van der Waals surface area contributed by atoms with Crippen LogP contribution in [0.5, 0.6) is 0 Å². The Bertz CT molecular complexity index is 1050. The minimum Gasteiger partial charge on any atom is -0.352 e. The van der Waals surface area contributed by atoms with Crippen molar-refractivity contribution in [2.75, 3.05) is 31.1 Å². The van der Waals surface area contributed by atoms with Gasteiger partial charge in [0.2, 0.25) is 0 Å². The van der Waals surface area contributed by atoms with Gasteiger partial charge in [0.05, 0.1) is 11.4 Å². The molecule has 1 aliphatic carbocycles. The fourth-order valence-electron chi connectivity index (χ4n) is 3.83. The van der Waals surface area contributed by atoms with Crippen molar-refractivity contribution in [2.45, 2.75) is 18.8 Å². The van der Waals surface area contributed by atoms with Gasteiger partial charge in [0, 0.05) is 44.7 Å². The van der Waals surface area contributed by atoms with Crippen molar-refractivity contribution < 1.29 is 9.18 Å². The Kier molecular flexibility index (Phi) is 4.69. The monoisotopic (exact) mass is 406 g/mol. The van der Waals surface area contributed by atoms with Crippen LogP contribution in [0.1, 0.15) is 34.9 Å². The van der Waals surface area contributed by atoms with Gasteiger partial charge in [-0.15, -0.1) is 5.10 Å². The summed E-state index contributed by atoms with van der Waals surface area (Å²) in [5, 5.41) is 13.2. The summed E-state index contributed by atoms with van der Waals surface area (Å²) < 4.78 is 14.8. The van der Waals surface area contributed by atoms with Gasteiger partial charge in [-0.3, -0.25) is 9.48 Å². The lowest BCUT2D eigenvalue weighted by Crippen LogP contribution is -2.49. The number of hydrogen-bond donors (Lipinski definition) is 0. The average molecular weight is 406 g/mol. The molecule has 0 spiro atoms. The lowest BCUT2D eigenvalue weighted by atomic mass is 10.1. The van der Waals surface area contributed by atoms with E-state index < -0.39 is 0 Å². The highest BCUT2D eigenvalue weighted by Gasteiger charge is 2.27. The summed E-state index contributed by atoms with van der Waals surface area (Å²) in [6, 6.07) is 12.0. The summed E-state index contributed by atoms with van der Waals surface area (Å²) in [6.07, 6.45) is 2.43. The number of halogens is 1. The average Bonchev–Trinajstić information content (AvgIpc) is 3.56. The minimum absolute atomic E-state index is 0.0480. The maximum atomic E-state index is 13.2. The lowest BCUT2D eigenvalue weighted by Gasteiger charge is -2.35. The first-order valence-corrected chi connectivity index (χ1v) is 10.3. The van der Waals surface area contributed by atoms with Crippen LogP contribution in [0.25, 0.3) is 11.3 Å². The molecule has 0 atom stereocenters. The third kappa shape index (κ3) is 3.65. The molecule has 1 saturated carbocycles. The Balaban J connectivity index is 1.25. The van der Waals surface area contributed by atoms with Crippen molar-refractivity contribution in [2.24, 2.45) is 7.05 Å². The van der Waals surface area contributed by atoms with Crippen LogP contribution in [0.2, 0.25) is 0 Å². The zero-order valence-corrected chi connectivity index (χ0v) is 16.8. The quantitative estimate of drug-likeness (QED) is 0.667. The van der Waals surface area contributed by atoms with Gasteiger partial charge in [-0.1, -0.05) is 0 Å². The number of carbonyl (C=O) groups excluding carboxylic acids is 1. The van der Waals surface area contributed by atoms with E-state index in [4.69, 9.17) is 0 Å². The second kappa shape index (κ2) is 7.51. The number of carbonyl (C=O) groups is 1. The Hall–Kier alpha value is -3.29. The molecule has 3 aromatic rings. The fourth-order valence-corrected chi connectivity index (χ4v) is 3.83. The molecule has 1 aromatic carbocycles. The summed E-state index contributed by atoms with van der Waals surface area (Å²) in [4.78, 5) is 17.1. The van der Waals surface area contributed by atoms with Crippen LogP contribution in [-0.4, -0.2) is 57.0 Å². The second-order valence-electron chi connectivity index (χ2n) is 7.92. The van der Waals surface area contributed by atoms with Gasteiger partial charge in [-0.25, -0.2) is 4.39 Å². The van der Waals surface area contributed by atoms with Gasteiger partial charge in [0.1, 0.15) is 11.5 Å². The number of benzene rings is 1. The number of rotatable bonds is 4. The molecule has 5 rings (SSSR count). The van der Waals surface area contributed by atoms with E-state index in [0.717, 1.165) is 17.1 Å². The van der Waals surface area contributed by atoms with E-state index in [-0.39, 0.29) is 11.7 Å². The molecule has 0 bridgehead atoms. The van der Waals surface area contributed by atoms with Crippen LogP contribution in [0.15, 0.2) is 42.5 Å². The number of piperazine rings is 1. The third-order valence-corrected chi connectivity index (χ3v) is 5.80. The zero-order valence-electron chi connectivity index (χ0n) is 16.8. The summed E-state index contributed by atoms with van der Waals surface area (Å²) >= 11 is 0. The van der Waals surface area contributed by atoms with Crippen molar-refractivity contribution in [1.82, 2.24) is 24.9 Å². The molecule has 3 heterocycles. The highest BCUT2D eigenvalue weighted by atomic mass is 19.1. The first-order valence-electron chi connectivity index (χ1n) is 10.3. The molecule has 0 radical (unpaired) electrons. The van der Waals surface area contributed by atoms with E-state index in [1.54, 1.807) is 29.9 Å². The second-order valence-corrected chi connectivity index (χ2v) is 7.92. The molecule has 8 heteroatoms. The molecule has 1 saturated heterocycles. The molecular weight excluding hydrogens is 383 g/mol. The fraction of sp³-hybridized carbons (Fsp3) is 0.364. The summed E-state index contributed by atoms with van der Waals surface area (Å²) in [5.74, 6) is 1.12. The topological polar surface area (TPSA) is 67.2 Å². The van der Waals surface area contributed by atoms with Gasteiger partial charge < -0.3 is 9.80 Å². The SMILES string of the molecule is Cn1nc(-c2ccc(F)cc2)cc1C(=O)N1CCN(c2ccc(C3CC3)nn2)CC1. The molecule has 2 fully saturated rings. The highest BCUT2D eigenvalue weighted by Crippen LogP contribution is 2.38. The van der Waals surface area contributed by atoms with E-state index in [1.807, 2.05) is 11.0 Å². The van der Waals surface area contributed by atoms with Crippen LogP contribution >= 0.6 is 0 Å². The maximum Gasteiger partial charge on any atom is 0.272 e. The van der Waals surface area contributed by atoms with E-state index in [0.29, 0.717) is 43.5 Å². The van der Waals surface area contributed by atoms with Crippen LogP contribution in [0, 0.1) is 5.82 Å². The molecule has 30 heavy (non-hydrogen) atoms. The van der Waals surface area contributed by atoms with Crippen LogP contribution in [-0.2, 0) is 7.05 Å². The number of hydrogen-bond acceptors (Lipinski definition) is 5. The normalized spacial score (nSPS) is 16.7. The highest BCUT2D eigenvalue weighted by molar-refractivity contribution is 5.94. The molecule has 154 valence electrons. The van der Waals surface area contributed by atoms with Gasteiger partial charge in [0.25, 0.3) is 5.91 Å². The van der Waals surface area contributed by atoms with Gasteiger partial charge >= 0.3 is 0 Å². The molecular formula is C22H23FN6O. The first-order chi connectivity index (χ1) is 14.6. The van der Waals surface area contributed by atoms with Gasteiger partial charge in [-0.2, -0.15) is 10.2 Å². The molecule has 1 aliphatic heterocycles. The van der Waals surface area contributed by atoms with E-state index in [9.17, 15) is 9.18 Å². The Labute approximate surface area is 174 Å². The Morgan fingerprint density at radius 1 is 1.00 bits per heavy atom. The Morgan fingerprint density at radius 3 is 2.37 bits per heavy atom. The molecule has 2 aromatic heterocycles. The van der Waals surface area contributed by atoms with Crippen LogP contribution < -0.4 is 4.90 Å². The summed E-state index contributed by atoms with van der Waals surface area (Å²) in [6.45, 7) is 2.65. The predicted octanol–water partition coefficient (Wildman–Crippen LogP) is 2.86. The molecule has 1 amide bonds. The van der Waals surface area contributed by atoms with Gasteiger partial charge in [0.15, 0.2) is 5.82 Å². The van der Waals surface area contributed by atoms with Crippen molar-refractivity contribution >= 4 is 11.7 Å². The largest absolute Gasteiger partial charge is 0.352 e. The third-order valence-electron chi connectivity index (χ3n) is 5.80. The predicted molar refractivity (Wildman–Crippen MR) is 111 cm³/mol. The van der Waals surface area contributed by atoms with E-state index >= 15 is 0 Å². The standard InChI is InChI=1S/C22H23FN6O/c1-27-20(14-19(26-27)16-4-6-17(23)7-5-16)22(30)29-12-10-28(11-13-29)21-9-8-18(24-25-21)15-2-3-15/h4-9,14-15H,2-3,10-13H2,1H3. The van der Waals surface area contributed by atoms with Crippen molar-refractivity contribution in [1.29, 1.82) is 0 Å². The lowest BCUT2D eigenvalue weighted by molar-refractivity contribution is 0.0735. The van der Waals surface area contributed by atoms with Crippen LogP contribution in [0.4, 0.5) is 10.2 Å². The van der Waals surface area contributed by atoms with E-state index in [1.165, 1.54) is 25.0 Å². The maximum absolute atomic E-state index is 13.2. The number of nitrogens with zero attached hydrogens (tertiary/aromatic N) is 6. The number of aromatic nitrogens is 4. The van der Waals surface area contributed by atoms with Crippen molar-refractivity contribution in [3.63, 3.8) is 0 Å². The van der Waals surface area contributed by atoms with E-state index in [2.05, 4.69) is 26.3 Å².